The third kappa shape index (κ3) is 6.66. The number of ether oxygens (including phenoxy) is 1. The topological polar surface area (TPSA) is 93.5 Å². The van der Waals surface area contributed by atoms with Crippen molar-refractivity contribution in [2.45, 2.75) is 45.9 Å². The van der Waals surface area contributed by atoms with E-state index in [-0.39, 0.29) is 18.2 Å². The van der Waals surface area contributed by atoms with E-state index in [0.29, 0.717) is 12.0 Å². The third-order valence-electron chi connectivity index (χ3n) is 3.70. The molecule has 0 aromatic heterocycles. The number of rotatable bonds is 9. The van der Waals surface area contributed by atoms with Crippen molar-refractivity contribution in [3.63, 3.8) is 0 Å². The van der Waals surface area contributed by atoms with Crippen LogP contribution in [0.15, 0.2) is 24.3 Å². The van der Waals surface area contributed by atoms with Gasteiger partial charge in [0.2, 0.25) is 11.8 Å². The fourth-order valence-corrected chi connectivity index (χ4v) is 2.20. The molecule has 140 valence electrons. The summed E-state index contributed by atoms with van der Waals surface area (Å²) in [7, 11) is 0. The monoisotopic (exact) mass is 357 g/mol. The maximum Gasteiger partial charge on any atom is 0.387 e. The van der Waals surface area contributed by atoms with Crippen LogP contribution in [0.25, 0.3) is 0 Å². The lowest BCUT2D eigenvalue weighted by Gasteiger charge is -2.21. The van der Waals surface area contributed by atoms with Gasteiger partial charge in [-0.25, -0.2) is 0 Å². The van der Waals surface area contributed by atoms with Crippen LogP contribution >= 0.6 is 0 Å². The van der Waals surface area contributed by atoms with Gasteiger partial charge in [0, 0.05) is 5.56 Å². The average molecular weight is 357 g/mol. The minimum Gasteiger partial charge on any atom is -0.434 e. The quantitative estimate of drug-likeness (QED) is 0.630. The Morgan fingerprint density at radius 2 is 1.88 bits per heavy atom. The Kier molecular flexibility index (Phi) is 8.27. The van der Waals surface area contributed by atoms with Gasteiger partial charge in [0.05, 0.1) is 18.6 Å². The Morgan fingerprint density at radius 1 is 1.24 bits per heavy atom. The molecule has 1 rings (SSSR count). The lowest BCUT2D eigenvalue weighted by atomic mass is 10.0. The lowest BCUT2D eigenvalue weighted by Crippen LogP contribution is -2.47. The summed E-state index contributed by atoms with van der Waals surface area (Å²) >= 11 is 0. The summed E-state index contributed by atoms with van der Waals surface area (Å²) in [5.74, 6) is -0.900. The number of halogens is 2. The van der Waals surface area contributed by atoms with Crippen LogP contribution < -0.4 is 21.1 Å². The van der Waals surface area contributed by atoms with E-state index in [1.165, 1.54) is 6.07 Å². The van der Waals surface area contributed by atoms with E-state index in [1.807, 2.05) is 0 Å². The average Bonchev–Trinajstić information content (AvgIpc) is 2.56. The maximum atomic E-state index is 12.5. The maximum absolute atomic E-state index is 12.5. The van der Waals surface area contributed by atoms with Gasteiger partial charge in [-0.1, -0.05) is 39.0 Å². The third-order valence-corrected chi connectivity index (χ3v) is 3.70. The molecule has 0 saturated heterocycles. The highest BCUT2D eigenvalue weighted by Crippen LogP contribution is 2.28. The molecule has 2 amide bonds. The zero-order valence-electron chi connectivity index (χ0n) is 14.6. The summed E-state index contributed by atoms with van der Waals surface area (Å²) in [6.45, 7) is 2.21. The number of carbonyl (C=O) groups is 2. The summed E-state index contributed by atoms with van der Waals surface area (Å²) in [5.41, 5.74) is 6.15. The minimum absolute atomic E-state index is 0.00974. The van der Waals surface area contributed by atoms with Crippen LogP contribution in [0.2, 0.25) is 0 Å². The molecular formula is C17H25F2N3O3. The zero-order chi connectivity index (χ0) is 19.0. The first-order valence-electron chi connectivity index (χ1n) is 8.12. The number of amides is 2. The number of hydrogen-bond donors (Lipinski definition) is 3. The van der Waals surface area contributed by atoms with Crippen molar-refractivity contribution < 1.29 is 23.1 Å². The molecule has 0 aliphatic rings. The molecular weight excluding hydrogens is 332 g/mol. The van der Waals surface area contributed by atoms with Crippen LogP contribution in [0.5, 0.6) is 5.75 Å². The van der Waals surface area contributed by atoms with Crippen molar-refractivity contribution in [1.82, 2.24) is 10.6 Å². The number of carbonyl (C=O) groups excluding carboxylic acids is 2. The lowest BCUT2D eigenvalue weighted by molar-refractivity contribution is -0.127. The van der Waals surface area contributed by atoms with Gasteiger partial charge in [0.25, 0.3) is 0 Å². The zero-order valence-corrected chi connectivity index (χ0v) is 14.6. The standard InChI is InChI=1S/C17H25F2N3O3/c1-4-12(11-7-5-6-8-13(11)25-17(18)19)22-14(23)9-21-16(24)15(20)10(2)3/h5-8,10,12,15,17H,4,9,20H2,1-3H3,(H,21,24)(H,22,23)/t12?,15-/m0/s1. The molecule has 6 nitrogen and oxygen atoms in total. The van der Waals surface area contributed by atoms with E-state index in [9.17, 15) is 18.4 Å². The largest absolute Gasteiger partial charge is 0.434 e. The van der Waals surface area contributed by atoms with Crippen LogP contribution in [0.3, 0.4) is 0 Å². The smallest absolute Gasteiger partial charge is 0.387 e. The molecule has 1 aromatic carbocycles. The molecule has 8 heteroatoms. The van der Waals surface area contributed by atoms with E-state index in [4.69, 9.17) is 5.73 Å². The predicted molar refractivity (Wildman–Crippen MR) is 90.1 cm³/mol. The Hall–Kier alpha value is -2.22. The van der Waals surface area contributed by atoms with Crippen molar-refractivity contribution in [1.29, 1.82) is 0 Å². The van der Waals surface area contributed by atoms with E-state index in [1.54, 1.807) is 39.0 Å². The summed E-state index contributed by atoms with van der Waals surface area (Å²) in [4.78, 5) is 23.8. The van der Waals surface area contributed by atoms with Gasteiger partial charge in [0.1, 0.15) is 5.75 Å². The highest BCUT2D eigenvalue weighted by atomic mass is 19.3. The first-order valence-corrected chi connectivity index (χ1v) is 8.12. The van der Waals surface area contributed by atoms with Gasteiger partial charge in [-0.3, -0.25) is 9.59 Å². The summed E-state index contributed by atoms with van der Waals surface area (Å²) < 4.78 is 29.5. The highest BCUT2D eigenvalue weighted by Gasteiger charge is 2.21. The molecule has 0 bridgehead atoms. The Bertz CT molecular complexity index is 582. The first kappa shape index (κ1) is 20.8. The molecule has 0 fully saturated rings. The molecule has 1 unspecified atom stereocenters. The van der Waals surface area contributed by atoms with Gasteiger partial charge in [-0.15, -0.1) is 0 Å². The molecule has 0 aliphatic carbocycles. The van der Waals surface area contributed by atoms with Gasteiger partial charge >= 0.3 is 6.61 Å². The number of benzene rings is 1. The fourth-order valence-electron chi connectivity index (χ4n) is 2.20. The molecule has 2 atom stereocenters. The minimum atomic E-state index is -2.95. The number of nitrogens with one attached hydrogen (secondary N) is 2. The molecule has 0 heterocycles. The fraction of sp³-hybridized carbons (Fsp3) is 0.529. The number of hydrogen-bond acceptors (Lipinski definition) is 4. The molecule has 25 heavy (non-hydrogen) atoms. The summed E-state index contributed by atoms with van der Waals surface area (Å²) in [5, 5.41) is 5.16. The van der Waals surface area contributed by atoms with Gasteiger partial charge < -0.3 is 21.1 Å². The van der Waals surface area contributed by atoms with Crippen LogP contribution in [0, 0.1) is 5.92 Å². The van der Waals surface area contributed by atoms with Crippen LogP contribution in [-0.2, 0) is 9.59 Å². The Balaban J connectivity index is 2.70. The van der Waals surface area contributed by atoms with Gasteiger partial charge in [0.15, 0.2) is 0 Å². The number of nitrogens with two attached hydrogens (primary N) is 1. The predicted octanol–water partition coefficient (Wildman–Crippen LogP) is 1.95. The van der Waals surface area contributed by atoms with Gasteiger partial charge in [-0.05, 0) is 18.4 Å². The van der Waals surface area contributed by atoms with Crippen LogP contribution in [0.1, 0.15) is 38.8 Å². The van der Waals surface area contributed by atoms with E-state index < -0.39 is 30.5 Å². The van der Waals surface area contributed by atoms with E-state index in [0.717, 1.165) is 0 Å². The van der Waals surface area contributed by atoms with Crippen molar-refractivity contribution in [3.8, 4) is 5.75 Å². The summed E-state index contributed by atoms with van der Waals surface area (Å²) in [6, 6.07) is 5.06. The second kappa shape index (κ2) is 9.93. The first-order chi connectivity index (χ1) is 11.8. The van der Waals surface area contributed by atoms with E-state index >= 15 is 0 Å². The second-order valence-corrected chi connectivity index (χ2v) is 5.93. The molecule has 0 aliphatic heterocycles. The van der Waals surface area contributed by atoms with Crippen molar-refractivity contribution in [3.05, 3.63) is 29.8 Å². The normalized spacial score (nSPS) is 13.4. The highest BCUT2D eigenvalue weighted by molar-refractivity contribution is 5.87. The molecule has 0 radical (unpaired) electrons. The second-order valence-electron chi connectivity index (χ2n) is 5.93. The molecule has 1 aromatic rings. The summed E-state index contributed by atoms with van der Waals surface area (Å²) in [6.07, 6.45) is 0.467. The van der Waals surface area contributed by atoms with Crippen molar-refractivity contribution in [2.75, 3.05) is 6.54 Å². The molecule has 0 spiro atoms. The Morgan fingerprint density at radius 3 is 2.44 bits per heavy atom. The van der Waals surface area contributed by atoms with Crippen LogP contribution in [0.4, 0.5) is 8.78 Å². The molecule has 4 N–H and O–H groups in total. The van der Waals surface area contributed by atoms with Crippen molar-refractivity contribution in [2.24, 2.45) is 11.7 Å². The number of para-hydroxylation sites is 1. The van der Waals surface area contributed by atoms with Gasteiger partial charge in [-0.2, -0.15) is 8.78 Å². The molecule has 0 saturated carbocycles. The van der Waals surface area contributed by atoms with E-state index in [2.05, 4.69) is 15.4 Å². The number of alkyl halides is 2. The van der Waals surface area contributed by atoms with Crippen LogP contribution in [-0.4, -0.2) is 31.0 Å². The SMILES string of the molecule is CCC(NC(=O)CNC(=O)[C@@H](N)C(C)C)c1ccccc1OC(F)F. The Labute approximate surface area is 146 Å². The van der Waals surface area contributed by atoms with Crippen molar-refractivity contribution >= 4 is 11.8 Å².